The van der Waals surface area contributed by atoms with Gasteiger partial charge in [0.1, 0.15) is 0 Å². The summed E-state index contributed by atoms with van der Waals surface area (Å²) in [7, 11) is 3.05. The van der Waals surface area contributed by atoms with Gasteiger partial charge in [-0.05, 0) is 4.99 Å². The number of methoxy groups -OCH3 is 2. The molecule has 0 saturated carbocycles. The van der Waals surface area contributed by atoms with Gasteiger partial charge in [-0.25, -0.2) is 0 Å². The molecule has 4 nitrogen and oxygen atoms in total. The number of rotatable bonds is 1. The number of allylic oxidation sites excluding steroid dienone is 1. The van der Waals surface area contributed by atoms with Crippen molar-refractivity contribution in [1.82, 2.24) is 4.99 Å². The Morgan fingerprint density at radius 3 is 2.80 bits per heavy atom. The average molecular weight is 140 g/mol. The van der Waals surface area contributed by atoms with Gasteiger partial charge in [-0.1, -0.05) is 0 Å². The maximum Gasteiger partial charge on any atom is 0.544 e. The summed E-state index contributed by atoms with van der Waals surface area (Å²) in [6.07, 6.45) is 3.23. The second-order valence-corrected chi connectivity index (χ2v) is 1.59. The molecule has 53 valence electrons. The SMILES string of the molecule is COC1=CC=[N+]C(OC)=N1. The molecule has 0 aromatic carbocycles. The van der Waals surface area contributed by atoms with E-state index in [1.54, 1.807) is 19.4 Å². The van der Waals surface area contributed by atoms with E-state index >= 15 is 0 Å². The number of aliphatic imine (C=N–C) groups is 2. The van der Waals surface area contributed by atoms with Crippen molar-refractivity contribution in [1.29, 1.82) is 0 Å². The highest BCUT2D eigenvalue weighted by atomic mass is 16.5. The molecule has 1 radical (unpaired) electrons. The number of ether oxygens (including phenoxy) is 2. The summed E-state index contributed by atoms with van der Waals surface area (Å²) in [6.45, 7) is 0. The molecule has 10 heavy (non-hydrogen) atoms. The van der Waals surface area contributed by atoms with E-state index in [2.05, 4.69) is 9.98 Å². The fourth-order valence-electron chi connectivity index (χ4n) is 0.537. The monoisotopic (exact) mass is 140 g/mol. The minimum Gasteiger partial charge on any atom is -0.463 e. The standard InChI is InChI=1S/C6H8N2O2/c1-9-5-3-4-7-6(8-5)10-2/h3-4H,1-2H3/q+1. The Hall–Kier alpha value is -1.32. The zero-order valence-corrected chi connectivity index (χ0v) is 5.87. The highest BCUT2D eigenvalue weighted by molar-refractivity contribution is 5.88. The Bertz CT molecular complexity index is 201. The predicted molar refractivity (Wildman–Crippen MR) is 37.7 cm³/mol. The van der Waals surface area contributed by atoms with Crippen LogP contribution in [-0.2, 0) is 9.47 Å². The molecule has 1 heterocycles. The van der Waals surface area contributed by atoms with Gasteiger partial charge in [0.25, 0.3) is 0 Å². The van der Waals surface area contributed by atoms with Crippen LogP contribution in [0.15, 0.2) is 17.0 Å². The number of hydrogen-bond acceptors (Lipinski definition) is 4. The Morgan fingerprint density at radius 1 is 1.40 bits per heavy atom. The lowest BCUT2D eigenvalue weighted by Crippen LogP contribution is -2.12. The Labute approximate surface area is 58.9 Å². The van der Waals surface area contributed by atoms with E-state index in [1.165, 1.54) is 7.11 Å². The van der Waals surface area contributed by atoms with E-state index in [-0.39, 0.29) is 0 Å². The molecule has 0 N–H and O–H groups in total. The van der Waals surface area contributed by atoms with Crippen molar-refractivity contribution >= 4 is 12.2 Å². The van der Waals surface area contributed by atoms with Crippen molar-refractivity contribution in [3.63, 3.8) is 0 Å². The van der Waals surface area contributed by atoms with Crippen molar-refractivity contribution in [2.75, 3.05) is 14.2 Å². The van der Waals surface area contributed by atoms with Gasteiger partial charge in [-0.2, -0.15) is 0 Å². The van der Waals surface area contributed by atoms with Crippen molar-refractivity contribution in [2.24, 2.45) is 4.99 Å². The second-order valence-electron chi connectivity index (χ2n) is 1.59. The Balaban J connectivity index is 2.74. The molecule has 0 saturated heterocycles. The molecule has 1 aliphatic heterocycles. The molecule has 0 aromatic heterocycles. The molecular formula is C6H8N2O2+. The van der Waals surface area contributed by atoms with Crippen LogP contribution in [-0.4, -0.2) is 26.5 Å². The lowest BCUT2D eigenvalue weighted by Gasteiger charge is -1.92. The summed E-state index contributed by atoms with van der Waals surface area (Å²) in [6, 6.07) is 0.319. The molecule has 0 aliphatic carbocycles. The summed E-state index contributed by atoms with van der Waals surface area (Å²) < 4.78 is 9.58. The van der Waals surface area contributed by atoms with Crippen molar-refractivity contribution in [3.05, 3.63) is 12.0 Å². The van der Waals surface area contributed by atoms with Crippen molar-refractivity contribution in [2.45, 2.75) is 0 Å². The largest absolute Gasteiger partial charge is 0.544 e. The van der Waals surface area contributed by atoms with Gasteiger partial charge in [0, 0.05) is 4.99 Å². The van der Waals surface area contributed by atoms with Crippen LogP contribution in [0.25, 0.3) is 0 Å². The van der Waals surface area contributed by atoms with Crippen molar-refractivity contribution in [3.8, 4) is 0 Å². The fourth-order valence-corrected chi connectivity index (χ4v) is 0.537. The maximum atomic E-state index is 4.83. The predicted octanol–water partition coefficient (Wildman–Crippen LogP) is -0.103. The summed E-state index contributed by atoms with van der Waals surface area (Å²) in [5.74, 6) is 0.506. The number of hydrogen-bond donors (Lipinski definition) is 0. The molecule has 0 aromatic rings. The third-order valence-electron chi connectivity index (χ3n) is 1.000. The maximum absolute atomic E-state index is 4.83. The zero-order chi connectivity index (χ0) is 7.40. The topological polar surface area (TPSA) is 44.9 Å². The van der Waals surface area contributed by atoms with Gasteiger partial charge < -0.3 is 9.47 Å². The summed E-state index contributed by atoms with van der Waals surface area (Å²) in [5, 5.41) is 0. The van der Waals surface area contributed by atoms with Crippen LogP contribution < -0.4 is 4.99 Å². The van der Waals surface area contributed by atoms with Crippen LogP contribution in [0.5, 0.6) is 0 Å². The minimum atomic E-state index is 0.319. The molecule has 0 amide bonds. The Morgan fingerprint density at radius 2 is 2.20 bits per heavy atom. The first kappa shape index (κ1) is 6.80. The van der Waals surface area contributed by atoms with Gasteiger partial charge in [0.2, 0.25) is 0 Å². The van der Waals surface area contributed by atoms with E-state index in [0.29, 0.717) is 11.9 Å². The first-order valence-electron chi connectivity index (χ1n) is 2.78. The average Bonchev–Trinajstić information content (AvgIpc) is 2.05. The molecule has 4 heteroatoms. The third kappa shape index (κ3) is 1.34. The van der Waals surface area contributed by atoms with E-state index in [1.807, 2.05) is 0 Å². The van der Waals surface area contributed by atoms with Crippen LogP contribution in [0.2, 0.25) is 0 Å². The Kier molecular flexibility index (Phi) is 2.04. The van der Waals surface area contributed by atoms with Gasteiger partial charge in [0.05, 0.1) is 20.3 Å². The minimum absolute atomic E-state index is 0.319. The molecule has 1 rings (SSSR count). The van der Waals surface area contributed by atoms with E-state index in [0.717, 1.165) is 0 Å². The van der Waals surface area contributed by atoms with E-state index in [9.17, 15) is 0 Å². The van der Waals surface area contributed by atoms with Crippen LogP contribution in [0.1, 0.15) is 0 Å². The van der Waals surface area contributed by atoms with Crippen LogP contribution in [0, 0.1) is 0 Å². The number of nitrogens with zero attached hydrogens (tertiary/aromatic N) is 2. The molecule has 0 spiro atoms. The summed E-state index contributed by atoms with van der Waals surface area (Å²) >= 11 is 0. The third-order valence-corrected chi connectivity index (χ3v) is 1.000. The molecule has 1 aliphatic rings. The first-order chi connectivity index (χ1) is 4.86. The van der Waals surface area contributed by atoms with Crippen molar-refractivity contribution < 1.29 is 9.47 Å². The molecule has 0 unspecified atom stereocenters. The van der Waals surface area contributed by atoms with Crippen LogP contribution in [0.3, 0.4) is 0 Å². The van der Waals surface area contributed by atoms with Crippen LogP contribution >= 0.6 is 0 Å². The van der Waals surface area contributed by atoms with E-state index in [4.69, 9.17) is 9.47 Å². The van der Waals surface area contributed by atoms with Gasteiger partial charge in [0.15, 0.2) is 6.21 Å². The lowest BCUT2D eigenvalue weighted by molar-refractivity contribution is 0.283. The molecule has 0 fully saturated rings. The molecular weight excluding hydrogens is 132 g/mol. The first-order valence-corrected chi connectivity index (χ1v) is 2.78. The summed E-state index contributed by atoms with van der Waals surface area (Å²) in [4.78, 5) is 7.65. The second kappa shape index (κ2) is 3.00. The normalized spacial score (nSPS) is 15.8. The van der Waals surface area contributed by atoms with Crippen LogP contribution in [0.4, 0.5) is 0 Å². The quantitative estimate of drug-likeness (QED) is 0.510. The highest BCUT2D eigenvalue weighted by Gasteiger charge is 2.15. The smallest absolute Gasteiger partial charge is 0.463 e. The molecule has 0 bridgehead atoms. The van der Waals surface area contributed by atoms with Gasteiger partial charge in [-0.3, -0.25) is 0 Å². The fraction of sp³-hybridized carbons (Fsp3) is 0.333. The molecule has 0 atom stereocenters. The number of amidine groups is 1. The summed E-state index contributed by atoms with van der Waals surface area (Å²) in [5.41, 5.74) is 0. The zero-order valence-electron chi connectivity index (χ0n) is 5.87. The van der Waals surface area contributed by atoms with Gasteiger partial charge >= 0.3 is 11.9 Å². The highest BCUT2D eigenvalue weighted by Crippen LogP contribution is 1.98. The van der Waals surface area contributed by atoms with E-state index < -0.39 is 0 Å². The van der Waals surface area contributed by atoms with Gasteiger partial charge in [-0.15, -0.1) is 0 Å². The lowest BCUT2D eigenvalue weighted by atomic mass is 10.6.